The molecule has 0 bridgehead atoms. The molecule has 1 heterocycles. The van der Waals surface area contributed by atoms with Gasteiger partial charge >= 0.3 is 0 Å². The zero-order chi connectivity index (χ0) is 23.5. The normalized spacial score (nSPS) is 19.4. The van der Waals surface area contributed by atoms with Crippen LogP contribution < -0.4 is 10.6 Å². The lowest BCUT2D eigenvalue weighted by molar-refractivity contribution is -0.115. The highest BCUT2D eigenvalue weighted by Crippen LogP contribution is 2.26. The van der Waals surface area contributed by atoms with Gasteiger partial charge in [0.25, 0.3) is 5.91 Å². The van der Waals surface area contributed by atoms with E-state index in [9.17, 15) is 18.0 Å². The predicted octanol–water partition coefficient (Wildman–Crippen LogP) is 3.34. The Morgan fingerprint density at radius 3 is 2.09 bits per heavy atom. The molecule has 7 nitrogen and oxygen atoms in total. The molecule has 0 spiro atoms. The lowest BCUT2D eigenvalue weighted by Crippen LogP contribution is -2.42. The van der Waals surface area contributed by atoms with Crippen LogP contribution in [0.15, 0.2) is 47.4 Å². The van der Waals surface area contributed by atoms with Crippen molar-refractivity contribution in [3.8, 4) is 0 Å². The second kappa shape index (κ2) is 9.83. The summed E-state index contributed by atoms with van der Waals surface area (Å²) >= 11 is 0. The molecule has 2 aromatic carbocycles. The Kier molecular flexibility index (Phi) is 7.36. The van der Waals surface area contributed by atoms with Crippen molar-refractivity contribution < 1.29 is 18.0 Å². The second-order valence-corrected chi connectivity index (χ2v) is 10.7. The summed E-state index contributed by atoms with van der Waals surface area (Å²) in [4.78, 5) is 24.9. The number of anilines is 1. The van der Waals surface area contributed by atoms with E-state index < -0.39 is 15.9 Å². The quantitative estimate of drug-likeness (QED) is 0.695. The van der Waals surface area contributed by atoms with Crippen LogP contribution in [0, 0.1) is 25.7 Å². The number of carbonyl (C=O) groups is 2. The first-order valence-electron chi connectivity index (χ1n) is 10.8. The number of sulfonamides is 1. The van der Waals surface area contributed by atoms with E-state index in [1.54, 1.807) is 0 Å². The number of benzene rings is 2. The summed E-state index contributed by atoms with van der Waals surface area (Å²) in [5, 5.41) is 5.40. The van der Waals surface area contributed by atoms with Crippen LogP contribution in [-0.2, 0) is 14.8 Å². The maximum Gasteiger partial charge on any atom is 0.251 e. The van der Waals surface area contributed by atoms with Crippen molar-refractivity contribution in [3.05, 3.63) is 59.2 Å². The van der Waals surface area contributed by atoms with Crippen molar-refractivity contribution in [1.82, 2.24) is 9.62 Å². The van der Waals surface area contributed by atoms with Crippen LogP contribution in [0.5, 0.6) is 0 Å². The van der Waals surface area contributed by atoms with Crippen LogP contribution in [0.3, 0.4) is 0 Å². The van der Waals surface area contributed by atoms with Gasteiger partial charge in [0.15, 0.2) is 0 Å². The number of nitrogens with zero attached hydrogens (tertiary/aromatic N) is 1. The molecule has 8 heteroatoms. The van der Waals surface area contributed by atoms with Crippen LogP contribution in [0.1, 0.15) is 41.8 Å². The van der Waals surface area contributed by atoms with Crippen molar-refractivity contribution in [1.29, 1.82) is 0 Å². The highest BCUT2D eigenvalue weighted by Gasteiger charge is 2.31. The Balaban J connectivity index is 1.61. The summed E-state index contributed by atoms with van der Waals surface area (Å²) < 4.78 is 27.5. The summed E-state index contributed by atoms with van der Waals surface area (Å²) in [5.74, 6) is -0.143. The number of piperidine rings is 1. The van der Waals surface area contributed by atoms with E-state index >= 15 is 0 Å². The van der Waals surface area contributed by atoms with Gasteiger partial charge in [0, 0.05) is 24.3 Å². The molecule has 32 heavy (non-hydrogen) atoms. The maximum atomic E-state index is 13.0. The zero-order valence-electron chi connectivity index (χ0n) is 19.0. The van der Waals surface area contributed by atoms with Crippen molar-refractivity contribution >= 4 is 27.5 Å². The number of nitrogens with one attached hydrogen (secondary N) is 2. The molecule has 1 fully saturated rings. The first-order valence-corrected chi connectivity index (χ1v) is 12.3. The van der Waals surface area contributed by atoms with Gasteiger partial charge in [-0.25, -0.2) is 8.42 Å². The molecule has 0 aromatic heterocycles. The van der Waals surface area contributed by atoms with Crippen molar-refractivity contribution in [2.45, 2.75) is 39.0 Å². The lowest BCUT2D eigenvalue weighted by Gasteiger charge is -2.34. The maximum absolute atomic E-state index is 13.0. The Morgan fingerprint density at radius 1 is 0.969 bits per heavy atom. The molecular formula is C24H31N3O4S. The van der Waals surface area contributed by atoms with Crippen LogP contribution in [0.4, 0.5) is 5.69 Å². The number of hydrogen-bond donors (Lipinski definition) is 2. The van der Waals surface area contributed by atoms with Crippen LogP contribution in [-0.4, -0.2) is 44.2 Å². The van der Waals surface area contributed by atoms with Crippen LogP contribution in [0.25, 0.3) is 0 Å². The molecule has 1 saturated heterocycles. The van der Waals surface area contributed by atoms with Gasteiger partial charge in [-0.05, 0) is 67.5 Å². The fraction of sp³-hybridized carbons (Fsp3) is 0.417. The fourth-order valence-corrected chi connectivity index (χ4v) is 5.87. The predicted molar refractivity (Wildman–Crippen MR) is 125 cm³/mol. The summed E-state index contributed by atoms with van der Waals surface area (Å²) in [6.45, 7) is 8.75. The third-order valence-electron chi connectivity index (χ3n) is 5.74. The van der Waals surface area contributed by atoms with Crippen molar-refractivity contribution in [2.24, 2.45) is 11.8 Å². The molecule has 2 atom stereocenters. The van der Waals surface area contributed by atoms with E-state index in [2.05, 4.69) is 24.5 Å². The van der Waals surface area contributed by atoms with E-state index in [1.165, 1.54) is 28.6 Å². The van der Waals surface area contributed by atoms with Crippen molar-refractivity contribution in [2.75, 3.05) is 25.0 Å². The van der Waals surface area contributed by atoms with E-state index in [0.29, 0.717) is 30.5 Å². The number of para-hydroxylation sites is 1. The second-order valence-electron chi connectivity index (χ2n) is 8.79. The number of hydrogen-bond acceptors (Lipinski definition) is 4. The Labute approximate surface area is 190 Å². The summed E-state index contributed by atoms with van der Waals surface area (Å²) in [7, 11) is -3.60. The topological polar surface area (TPSA) is 95.6 Å². The van der Waals surface area contributed by atoms with Crippen molar-refractivity contribution in [3.63, 3.8) is 0 Å². The monoisotopic (exact) mass is 457 g/mol. The van der Waals surface area contributed by atoms with Gasteiger partial charge in [-0.2, -0.15) is 4.31 Å². The first-order chi connectivity index (χ1) is 15.1. The molecule has 0 aliphatic carbocycles. The minimum Gasteiger partial charge on any atom is -0.343 e. The van der Waals surface area contributed by atoms with E-state index in [4.69, 9.17) is 0 Å². The average molecular weight is 458 g/mol. The standard InChI is InChI=1S/C24H31N3O4S/c1-16-12-17(2)15-27(14-16)32(30,31)21-10-8-20(9-11-21)24(29)25-13-22(28)26-23-18(3)6-5-7-19(23)4/h5-11,16-17H,12-15H2,1-4H3,(H,25,29)(H,26,28)/t16-,17-/m0/s1. The molecule has 1 aliphatic heterocycles. The Hall–Kier alpha value is -2.71. The minimum atomic E-state index is -3.60. The van der Waals surface area contributed by atoms with Gasteiger partial charge in [0.05, 0.1) is 11.4 Å². The molecule has 2 aromatic rings. The number of aryl methyl sites for hydroxylation is 2. The highest BCUT2D eigenvalue weighted by atomic mass is 32.2. The smallest absolute Gasteiger partial charge is 0.251 e. The van der Waals surface area contributed by atoms with Gasteiger partial charge in [0.2, 0.25) is 15.9 Å². The molecular weight excluding hydrogens is 426 g/mol. The number of carbonyl (C=O) groups excluding carboxylic acids is 2. The first kappa shape index (κ1) is 23.9. The average Bonchev–Trinajstić information content (AvgIpc) is 2.74. The summed E-state index contributed by atoms with van der Waals surface area (Å²) in [6.07, 6.45) is 1.02. The lowest BCUT2D eigenvalue weighted by atomic mass is 9.94. The van der Waals surface area contributed by atoms with Gasteiger partial charge < -0.3 is 10.6 Å². The molecule has 0 unspecified atom stereocenters. The molecule has 172 valence electrons. The molecule has 2 N–H and O–H groups in total. The molecule has 0 radical (unpaired) electrons. The van der Waals surface area contributed by atoms with Gasteiger partial charge in [0.1, 0.15) is 0 Å². The third-order valence-corrected chi connectivity index (χ3v) is 7.59. The van der Waals surface area contributed by atoms with E-state index in [0.717, 1.165) is 23.2 Å². The van der Waals surface area contributed by atoms with Crippen LogP contribution in [0.2, 0.25) is 0 Å². The number of amides is 2. The Morgan fingerprint density at radius 2 is 1.53 bits per heavy atom. The van der Waals surface area contributed by atoms with E-state index in [-0.39, 0.29) is 17.3 Å². The van der Waals surface area contributed by atoms with E-state index in [1.807, 2.05) is 32.0 Å². The molecule has 1 aliphatic rings. The highest BCUT2D eigenvalue weighted by molar-refractivity contribution is 7.89. The molecule has 2 amide bonds. The third kappa shape index (κ3) is 5.55. The summed E-state index contributed by atoms with van der Waals surface area (Å²) in [5.41, 5.74) is 2.92. The van der Waals surface area contributed by atoms with Gasteiger partial charge in [-0.15, -0.1) is 0 Å². The zero-order valence-corrected chi connectivity index (χ0v) is 19.8. The molecule has 3 rings (SSSR count). The number of rotatable bonds is 6. The Bertz CT molecular complexity index is 1070. The molecule has 0 saturated carbocycles. The van der Waals surface area contributed by atoms with Gasteiger partial charge in [-0.3, -0.25) is 9.59 Å². The summed E-state index contributed by atoms with van der Waals surface area (Å²) in [6, 6.07) is 11.6. The fourth-order valence-electron chi connectivity index (χ4n) is 4.19. The largest absolute Gasteiger partial charge is 0.343 e. The van der Waals surface area contributed by atoms with Crippen LogP contribution >= 0.6 is 0 Å². The minimum absolute atomic E-state index is 0.170. The van der Waals surface area contributed by atoms with Gasteiger partial charge in [-0.1, -0.05) is 32.0 Å². The SMILES string of the molecule is Cc1cccc(C)c1NC(=O)CNC(=O)c1ccc(S(=O)(=O)N2C[C@@H](C)C[C@H](C)C2)cc1.